The molecule has 2 heterocycles. The molecule has 0 unspecified atom stereocenters. The number of rotatable bonds is 10. The van der Waals surface area contributed by atoms with Crippen LogP contribution < -0.4 is 10.1 Å². The van der Waals surface area contributed by atoms with E-state index < -0.39 is 0 Å². The average Bonchev–Trinajstić information content (AvgIpc) is 3.46. The Bertz CT molecular complexity index is 1310. The molecule has 188 valence electrons. The van der Waals surface area contributed by atoms with Crippen molar-refractivity contribution in [2.24, 2.45) is 0 Å². The molecule has 0 fully saturated rings. The zero-order valence-corrected chi connectivity index (χ0v) is 21.2. The van der Waals surface area contributed by atoms with Gasteiger partial charge in [0.15, 0.2) is 5.69 Å². The highest BCUT2D eigenvalue weighted by Gasteiger charge is 2.22. The second-order valence-electron chi connectivity index (χ2n) is 8.66. The molecule has 1 amide bonds. The number of ether oxygens (including phenoxy) is 2. The summed E-state index contributed by atoms with van der Waals surface area (Å²) in [5, 5.41) is 15.9. The van der Waals surface area contributed by atoms with Gasteiger partial charge < -0.3 is 19.2 Å². The van der Waals surface area contributed by atoms with Gasteiger partial charge in [0.1, 0.15) is 5.75 Å². The summed E-state index contributed by atoms with van der Waals surface area (Å²) < 4.78 is 18.3. The molecule has 0 aliphatic carbocycles. The number of methoxy groups -OCH3 is 1. The summed E-state index contributed by atoms with van der Waals surface area (Å²) in [5.74, 6) is 1.47. The number of nitrogens with zero attached hydrogens (tertiary/aromatic N) is 4. The van der Waals surface area contributed by atoms with Crippen LogP contribution in [0.15, 0.2) is 52.9 Å². The summed E-state index contributed by atoms with van der Waals surface area (Å²) >= 11 is 0. The standard InChI is InChI=1S/C27H31N5O4/c1-17(2)35-16-6-15-28-26(33)21-7-11-22(12-8-21)32-25(20-9-13-23(34-5)14-10-20)18(3)24(31-32)27-30-29-19(4)36-27/h7-14,17H,6,15-16H2,1-5H3,(H,28,33). The molecule has 4 rings (SSSR count). The van der Waals surface area contributed by atoms with Gasteiger partial charge in [0.05, 0.1) is 24.6 Å². The number of hydrogen-bond donors (Lipinski definition) is 1. The Morgan fingerprint density at radius 3 is 2.39 bits per heavy atom. The number of benzene rings is 2. The van der Waals surface area contributed by atoms with Crippen molar-refractivity contribution >= 4 is 5.91 Å². The molecule has 2 aromatic heterocycles. The van der Waals surface area contributed by atoms with E-state index >= 15 is 0 Å². The first-order valence-electron chi connectivity index (χ1n) is 11.9. The number of hydrogen-bond acceptors (Lipinski definition) is 7. The normalized spacial score (nSPS) is 11.2. The van der Waals surface area contributed by atoms with E-state index in [0.29, 0.717) is 36.2 Å². The molecule has 0 atom stereocenters. The minimum absolute atomic E-state index is 0.125. The van der Waals surface area contributed by atoms with Crippen LogP contribution in [0, 0.1) is 13.8 Å². The van der Waals surface area contributed by atoms with Crippen molar-refractivity contribution in [1.29, 1.82) is 0 Å². The molecule has 0 bridgehead atoms. The summed E-state index contributed by atoms with van der Waals surface area (Å²) in [7, 11) is 1.64. The molecule has 0 radical (unpaired) electrons. The number of carbonyl (C=O) groups is 1. The maximum Gasteiger partial charge on any atom is 0.268 e. The van der Waals surface area contributed by atoms with Crippen molar-refractivity contribution in [3.63, 3.8) is 0 Å². The third-order valence-electron chi connectivity index (χ3n) is 5.65. The topological polar surface area (TPSA) is 104 Å². The fraction of sp³-hybridized carbons (Fsp3) is 0.333. The Balaban J connectivity index is 1.62. The zero-order valence-electron chi connectivity index (χ0n) is 21.2. The van der Waals surface area contributed by atoms with E-state index in [9.17, 15) is 4.79 Å². The monoisotopic (exact) mass is 489 g/mol. The van der Waals surface area contributed by atoms with Crippen LogP contribution in [-0.2, 0) is 4.74 Å². The van der Waals surface area contributed by atoms with Gasteiger partial charge in [0.2, 0.25) is 5.89 Å². The molecular formula is C27H31N5O4. The number of carbonyl (C=O) groups excluding carboxylic acids is 1. The van der Waals surface area contributed by atoms with Gasteiger partial charge in [-0.25, -0.2) is 4.68 Å². The maximum absolute atomic E-state index is 12.6. The highest BCUT2D eigenvalue weighted by molar-refractivity contribution is 5.94. The van der Waals surface area contributed by atoms with E-state index in [1.54, 1.807) is 26.2 Å². The van der Waals surface area contributed by atoms with Crippen molar-refractivity contribution in [1.82, 2.24) is 25.3 Å². The van der Waals surface area contributed by atoms with Crippen LogP contribution in [-0.4, -0.2) is 52.3 Å². The lowest BCUT2D eigenvalue weighted by atomic mass is 10.1. The molecular weight excluding hydrogens is 458 g/mol. The van der Waals surface area contributed by atoms with Crippen molar-refractivity contribution in [3.8, 4) is 34.3 Å². The Labute approximate surface area is 210 Å². The first-order valence-corrected chi connectivity index (χ1v) is 11.9. The highest BCUT2D eigenvalue weighted by Crippen LogP contribution is 2.34. The summed E-state index contributed by atoms with van der Waals surface area (Å²) in [6.45, 7) is 8.88. The molecule has 36 heavy (non-hydrogen) atoms. The lowest BCUT2D eigenvalue weighted by Gasteiger charge is -2.11. The number of amides is 1. The quantitative estimate of drug-likeness (QED) is 0.320. The van der Waals surface area contributed by atoms with Gasteiger partial charge in [0, 0.05) is 36.8 Å². The molecule has 0 saturated heterocycles. The van der Waals surface area contributed by atoms with Crippen molar-refractivity contribution < 1.29 is 18.7 Å². The van der Waals surface area contributed by atoms with E-state index in [0.717, 1.165) is 34.7 Å². The lowest BCUT2D eigenvalue weighted by molar-refractivity contribution is 0.0757. The molecule has 1 N–H and O–H groups in total. The molecule has 2 aromatic carbocycles. The van der Waals surface area contributed by atoms with Gasteiger partial charge in [-0.15, -0.1) is 10.2 Å². The second kappa shape index (κ2) is 11.2. The third-order valence-corrected chi connectivity index (χ3v) is 5.65. The number of aromatic nitrogens is 4. The largest absolute Gasteiger partial charge is 0.497 e. The van der Waals surface area contributed by atoms with Crippen LogP contribution in [0.1, 0.15) is 42.1 Å². The van der Waals surface area contributed by atoms with E-state index in [-0.39, 0.29) is 12.0 Å². The SMILES string of the molecule is COc1ccc(-c2c(C)c(-c3nnc(C)o3)nn2-c2ccc(C(=O)NCCCOC(C)C)cc2)cc1. The van der Waals surface area contributed by atoms with Gasteiger partial charge in [-0.1, -0.05) is 0 Å². The van der Waals surface area contributed by atoms with Crippen LogP contribution in [0.2, 0.25) is 0 Å². The number of aryl methyl sites for hydroxylation is 1. The number of nitrogens with one attached hydrogen (secondary N) is 1. The maximum atomic E-state index is 12.6. The van der Waals surface area contributed by atoms with E-state index in [1.165, 1.54) is 0 Å². The van der Waals surface area contributed by atoms with Crippen LogP contribution in [0.25, 0.3) is 28.5 Å². The van der Waals surface area contributed by atoms with Gasteiger partial charge in [0.25, 0.3) is 11.8 Å². The molecule has 0 spiro atoms. The van der Waals surface area contributed by atoms with Gasteiger partial charge in [-0.3, -0.25) is 4.79 Å². The molecule has 0 aliphatic heterocycles. The Hall–Kier alpha value is -3.98. The van der Waals surface area contributed by atoms with Crippen LogP contribution in [0.5, 0.6) is 5.75 Å². The molecule has 9 heteroatoms. The molecule has 0 saturated carbocycles. The highest BCUT2D eigenvalue weighted by atomic mass is 16.5. The predicted octanol–water partition coefficient (Wildman–Crippen LogP) is 4.76. The summed E-state index contributed by atoms with van der Waals surface area (Å²) in [6, 6.07) is 15.1. The predicted molar refractivity (Wildman–Crippen MR) is 136 cm³/mol. The minimum atomic E-state index is -0.125. The zero-order chi connectivity index (χ0) is 25.7. The van der Waals surface area contributed by atoms with Gasteiger partial charge in [-0.05, 0) is 75.7 Å². The Kier molecular flexibility index (Phi) is 7.80. The van der Waals surface area contributed by atoms with Crippen molar-refractivity contribution in [2.45, 2.75) is 40.2 Å². The first-order chi connectivity index (χ1) is 17.4. The fourth-order valence-corrected chi connectivity index (χ4v) is 3.82. The Morgan fingerprint density at radius 1 is 1.06 bits per heavy atom. The van der Waals surface area contributed by atoms with E-state index in [2.05, 4.69) is 15.5 Å². The molecule has 0 aliphatic rings. The Morgan fingerprint density at radius 2 is 1.78 bits per heavy atom. The van der Waals surface area contributed by atoms with Crippen LogP contribution in [0.4, 0.5) is 0 Å². The van der Waals surface area contributed by atoms with Crippen LogP contribution in [0.3, 0.4) is 0 Å². The van der Waals surface area contributed by atoms with Crippen LogP contribution >= 0.6 is 0 Å². The molecule has 9 nitrogen and oxygen atoms in total. The van der Waals surface area contributed by atoms with E-state index in [4.69, 9.17) is 19.0 Å². The lowest BCUT2D eigenvalue weighted by Crippen LogP contribution is -2.25. The second-order valence-corrected chi connectivity index (χ2v) is 8.66. The minimum Gasteiger partial charge on any atom is -0.497 e. The van der Waals surface area contributed by atoms with E-state index in [1.807, 2.05) is 61.9 Å². The fourth-order valence-electron chi connectivity index (χ4n) is 3.82. The average molecular weight is 490 g/mol. The smallest absolute Gasteiger partial charge is 0.268 e. The van der Waals surface area contributed by atoms with Crippen molar-refractivity contribution in [3.05, 3.63) is 65.5 Å². The van der Waals surface area contributed by atoms with Gasteiger partial charge in [-0.2, -0.15) is 5.10 Å². The first kappa shape index (κ1) is 25.1. The summed E-state index contributed by atoms with van der Waals surface area (Å²) in [5.41, 5.74) is 4.71. The van der Waals surface area contributed by atoms with Gasteiger partial charge >= 0.3 is 0 Å². The summed E-state index contributed by atoms with van der Waals surface area (Å²) in [6.07, 6.45) is 0.948. The third kappa shape index (κ3) is 5.63. The summed E-state index contributed by atoms with van der Waals surface area (Å²) in [4.78, 5) is 12.6. The molecule has 4 aromatic rings. The van der Waals surface area contributed by atoms with Crippen molar-refractivity contribution in [2.75, 3.05) is 20.3 Å².